The van der Waals surface area contributed by atoms with Gasteiger partial charge < -0.3 is 24.8 Å². The van der Waals surface area contributed by atoms with E-state index in [9.17, 15) is 20.1 Å². The van der Waals surface area contributed by atoms with E-state index in [1.54, 1.807) is 26.8 Å². The molecule has 2 aromatic heterocycles. The minimum Gasteiger partial charge on any atom is -0.462 e. The quantitative estimate of drug-likeness (QED) is 0.655. The molecule has 3 heterocycles. The van der Waals surface area contributed by atoms with Crippen LogP contribution in [-0.4, -0.2) is 66.8 Å². The van der Waals surface area contributed by atoms with Crippen LogP contribution in [0.4, 0.5) is 0 Å². The van der Waals surface area contributed by atoms with Crippen LogP contribution in [0.1, 0.15) is 36.1 Å². The van der Waals surface area contributed by atoms with Crippen LogP contribution < -0.4 is 0 Å². The summed E-state index contributed by atoms with van der Waals surface area (Å²) in [5.74, 6) is -0.516. The molecule has 1 fully saturated rings. The number of hydrogen-bond acceptors (Lipinski definition) is 8. The van der Waals surface area contributed by atoms with Gasteiger partial charge in [0.25, 0.3) is 0 Å². The highest BCUT2D eigenvalue weighted by molar-refractivity contribution is 6.01. The SMILES string of the molecule is CCOC(=O)c1cc(C)nc2c1ncn2[C@@H]1O[C@@H](C)[C@H](O)[C@@H](O)[C@H]1O. The number of carbonyl (C=O) groups is 1. The fourth-order valence-corrected chi connectivity index (χ4v) is 2.94. The van der Waals surface area contributed by atoms with Crippen molar-refractivity contribution < 1.29 is 29.6 Å². The lowest BCUT2D eigenvalue weighted by Gasteiger charge is -2.39. The van der Waals surface area contributed by atoms with Crippen molar-refractivity contribution in [3.05, 3.63) is 23.7 Å². The van der Waals surface area contributed by atoms with Gasteiger partial charge in [-0.25, -0.2) is 14.8 Å². The summed E-state index contributed by atoms with van der Waals surface area (Å²) < 4.78 is 12.1. The molecule has 0 bridgehead atoms. The van der Waals surface area contributed by atoms with Crippen molar-refractivity contribution in [2.75, 3.05) is 6.61 Å². The van der Waals surface area contributed by atoms with Crippen molar-refractivity contribution in [1.29, 1.82) is 0 Å². The van der Waals surface area contributed by atoms with Crippen LogP contribution in [0, 0.1) is 6.92 Å². The Labute approximate surface area is 143 Å². The summed E-state index contributed by atoms with van der Waals surface area (Å²) in [7, 11) is 0. The molecule has 136 valence electrons. The minimum absolute atomic E-state index is 0.231. The van der Waals surface area contributed by atoms with Crippen LogP contribution in [0.5, 0.6) is 0 Å². The Hall–Kier alpha value is -2.07. The fourth-order valence-electron chi connectivity index (χ4n) is 2.94. The number of aliphatic hydroxyl groups is 3. The van der Waals surface area contributed by atoms with Crippen molar-refractivity contribution in [3.63, 3.8) is 0 Å². The Morgan fingerprint density at radius 1 is 1.32 bits per heavy atom. The summed E-state index contributed by atoms with van der Waals surface area (Å²) >= 11 is 0. The van der Waals surface area contributed by atoms with Crippen molar-refractivity contribution in [1.82, 2.24) is 14.5 Å². The molecule has 0 radical (unpaired) electrons. The lowest BCUT2D eigenvalue weighted by atomic mass is 9.99. The van der Waals surface area contributed by atoms with E-state index in [-0.39, 0.29) is 12.2 Å². The van der Waals surface area contributed by atoms with Gasteiger partial charge >= 0.3 is 5.97 Å². The van der Waals surface area contributed by atoms with Gasteiger partial charge in [0, 0.05) is 5.69 Å². The van der Waals surface area contributed by atoms with E-state index < -0.39 is 36.6 Å². The average molecular weight is 351 g/mol. The third kappa shape index (κ3) is 2.99. The number of rotatable bonds is 3. The first-order chi connectivity index (χ1) is 11.8. The minimum atomic E-state index is -1.38. The van der Waals surface area contributed by atoms with Crippen LogP contribution in [0.25, 0.3) is 11.2 Å². The maximum Gasteiger partial charge on any atom is 0.340 e. The number of carbonyl (C=O) groups excluding carboxylic acids is 1. The normalized spacial score (nSPS) is 29.8. The zero-order valence-electron chi connectivity index (χ0n) is 14.2. The molecule has 0 unspecified atom stereocenters. The zero-order chi connectivity index (χ0) is 18.3. The summed E-state index contributed by atoms with van der Waals surface area (Å²) in [5.41, 5.74) is 1.47. The highest BCUT2D eigenvalue weighted by atomic mass is 16.5. The van der Waals surface area contributed by atoms with Crippen LogP contribution in [0.2, 0.25) is 0 Å². The smallest absolute Gasteiger partial charge is 0.340 e. The van der Waals surface area contributed by atoms with Gasteiger partial charge in [-0.2, -0.15) is 0 Å². The van der Waals surface area contributed by atoms with E-state index in [4.69, 9.17) is 9.47 Å². The summed E-state index contributed by atoms with van der Waals surface area (Å²) in [6.45, 7) is 5.25. The van der Waals surface area contributed by atoms with Crippen LogP contribution in [-0.2, 0) is 9.47 Å². The second kappa shape index (κ2) is 6.68. The number of imidazole rings is 1. The maximum absolute atomic E-state index is 12.2. The van der Waals surface area contributed by atoms with Crippen molar-refractivity contribution in [2.24, 2.45) is 0 Å². The van der Waals surface area contributed by atoms with Crippen molar-refractivity contribution in [3.8, 4) is 0 Å². The van der Waals surface area contributed by atoms with Crippen molar-refractivity contribution >= 4 is 17.1 Å². The Morgan fingerprint density at radius 2 is 2.04 bits per heavy atom. The topological polar surface area (TPSA) is 127 Å². The molecular weight excluding hydrogens is 330 g/mol. The van der Waals surface area contributed by atoms with E-state index in [0.717, 1.165) is 0 Å². The summed E-state index contributed by atoms with van der Waals surface area (Å²) in [6, 6.07) is 1.58. The number of hydrogen-bond donors (Lipinski definition) is 3. The molecule has 9 heteroatoms. The van der Waals surface area contributed by atoms with E-state index in [1.807, 2.05) is 0 Å². The first-order valence-corrected chi connectivity index (χ1v) is 8.06. The first-order valence-electron chi connectivity index (χ1n) is 8.06. The number of ether oxygens (including phenoxy) is 2. The molecule has 0 aromatic carbocycles. The number of aliphatic hydroxyl groups excluding tert-OH is 3. The van der Waals surface area contributed by atoms with E-state index >= 15 is 0 Å². The van der Waals surface area contributed by atoms with E-state index in [1.165, 1.54) is 10.9 Å². The molecule has 1 aliphatic heterocycles. The fraction of sp³-hybridized carbons (Fsp3) is 0.562. The number of aryl methyl sites for hydroxylation is 1. The Balaban J connectivity index is 2.08. The maximum atomic E-state index is 12.2. The Bertz CT molecular complexity index is 792. The largest absolute Gasteiger partial charge is 0.462 e. The zero-order valence-corrected chi connectivity index (χ0v) is 14.2. The monoisotopic (exact) mass is 351 g/mol. The predicted octanol–water partition coefficient (Wildman–Crippen LogP) is -0.0836. The number of esters is 1. The van der Waals surface area contributed by atoms with Gasteiger partial charge in [-0.3, -0.25) is 4.57 Å². The molecule has 0 spiro atoms. The van der Waals surface area contributed by atoms with Gasteiger partial charge in [0.15, 0.2) is 11.9 Å². The molecule has 9 nitrogen and oxygen atoms in total. The molecule has 5 atom stereocenters. The van der Waals surface area contributed by atoms with Gasteiger partial charge in [-0.05, 0) is 26.8 Å². The number of pyridine rings is 1. The third-order valence-corrected chi connectivity index (χ3v) is 4.25. The molecule has 1 saturated heterocycles. The highest BCUT2D eigenvalue weighted by Gasteiger charge is 2.43. The lowest BCUT2D eigenvalue weighted by molar-refractivity contribution is -0.239. The Morgan fingerprint density at radius 3 is 2.72 bits per heavy atom. The second-order valence-electron chi connectivity index (χ2n) is 6.06. The molecule has 3 rings (SSSR count). The number of nitrogens with zero attached hydrogens (tertiary/aromatic N) is 3. The highest BCUT2D eigenvalue weighted by Crippen LogP contribution is 2.31. The van der Waals surface area contributed by atoms with Gasteiger partial charge in [0.05, 0.1) is 24.6 Å². The van der Waals surface area contributed by atoms with E-state index in [0.29, 0.717) is 16.9 Å². The molecule has 3 N–H and O–H groups in total. The molecule has 25 heavy (non-hydrogen) atoms. The average Bonchev–Trinajstić information content (AvgIpc) is 2.99. The molecule has 0 saturated carbocycles. The van der Waals surface area contributed by atoms with Crippen LogP contribution >= 0.6 is 0 Å². The third-order valence-electron chi connectivity index (χ3n) is 4.25. The van der Waals surface area contributed by atoms with Gasteiger partial charge in [0.2, 0.25) is 0 Å². The first kappa shape index (κ1) is 17.7. The van der Waals surface area contributed by atoms with Crippen LogP contribution in [0.15, 0.2) is 12.4 Å². The van der Waals surface area contributed by atoms with Crippen LogP contribution in [0.3, 0.4) is 0 Å². The lowest BCUT2D eigenvalue weighted by Crippen LogP contribution is -2.54. The summed E-state index contributed by atoms with van der Waals surface area (Å²) in [5, 5.41) is 30.1. The van der Waals surface area contributed by atoms with E-state index in [2.05, 4.69) is 9.97 Å². The second-order valence-corrected chi connectivity index (χ2v) is 6.06. The van der Waals surface area contributed by atoms with Gasteiger partial charge in [-0.1, -0.05) is 0 Å². The standard InChI is InChI=1S/C16H21N3O6/c1-4-24-16(23)9-5-7(2)18-14-10(9)17-6-19(14)15-13(22)12(21)11(20)8(3)25-15/h5-6,8,11-13,15,20-22H,4H2,1-3H3/t8-,11-,12+,13+,15+/m0/s1. The number of aromatic nitrogens is 3. The molecule has 0 aliphatic carbocycles. The molecule has 2 aromatic rings. The summed E-state index contributed by atoms with van der Waals surface area (Å²) in [6.07, 6.45) is -4.27. The Kier molecular flexibility index (Phi) is 4.74. The molecular formula is C16H21N3O6. The summed E-state index contributed by atoms with van der Waals surface area (Å²) in [4.78, 5) is 20.7. The number of fused-ring (bicyclic) bond motifs is 1. The van der Waals surface area contributed by atoms with Gasteiger partial charge in [0.1, 0.15) is 23.8 Å². The predicted molar refractivity (Wildman–Crippen MR) is 85.8 cm³/mol. The van der Waals surface area contributed by atoms with Crippen molar-refractivity contribution in [2.45, 2.75) is 51.4 Å². The van der Waals surface area contributed by atoms with Gasteiger partial charge in [-0.15, -0.1) is 0 Å². The molecule has 0 amide bonds. The molecule has 1 aliphatic rings.